The van der Waals surface area contributed by atoms with Gasteiger partial charge in [0.2, 0.25) is 0 Å². The molecule has 0 spiro atoms. The molecule has 2 aromatic heterocycles. The zero-order valence-electron chi connectivity index (χ0n) is 10.1. The SMILES string of the molecule is C[C@@H](C#N)Sc1ncnc2sc3c(c12)CCCC3. The van der Waals surface area contributed by atoms with Crippen molar-refractivity contribution in [3.63, 3.8) is 0 Å². The molecular weight excluding hydrogens is 262 g/mol. The van der Waals surface area contributed by atoms with Crippen molar-refractivity contribution in [3.8, 4) is 6.07 Å². The number of hydrogen-bond acceptors (Lipinski definition) is 5. The fourth-order valence-electron chi connectivity index (χ4n) is 2.34. The van der Waals surface area contributed by atoms with Crippen LogP contribution in [-0.2, 0) is 12.8 Å². The molecule has 18 heavy (non-hydrogen) atoms. The summed E-state index contributed by atoms with van der Waals surface area (Å²) < 4.78 is 0. The van der Waals surface area contributed by atoms with Crippen LogP contribution < -0.4 is 0 Å². The average Bonchev–Trinajstić information content (AvgIpc) is 2.78. The van der Waals surface area contributed by atoms with Crippen LogP contribution in [0.3, 0.4) is 0 Å². The minimum atomic E-state index is -0.0674. The first-order valence-electron chi connectivity index (χ1n) is 6.11. The van der Waals surface area contributed by atoms with Gasteiger partial charge in [0.15, 0.2) is 0 Å². The molecule has 5 heteroatoms. The highest BCUT2D eigenvalue weighted by Gasteiger charge is 2.20. The number of hydrogen-bond donors (Lipinski definition) is 0. The van der Waals surface area contributed by atoms with Crippen molar-refractivity contribution in [3.05, 3.63) is 16.8 Å². The predicted octanol–water partition coefficient (Wildman–Crippen LogP) is 3.57. The second-order valence-corrected chi connectivity index (χ2v) is 6.87. The molecule has 0 aromatic carbocycles. The van der Waals surface area contributed by atoms with Gasteiger partial charge in [0.1, 0.15) is 16.2 Å². The standard InChI is InChI=1S/C13H13N3S2/c1-8(6-14)17-12-11-9-4-2-3-5-10(9)18-13(11)16-7-15-12/h7-8H,2-5H2,1H3/t8-/m0/s1. The summed E-state index contributed by atoms with van der Waals surface area (Å²) in [5.41, 5.74) is 1.44. The third-order valence-corrected chi connectivity index (χ3v) is 5.38. The topological polar surface area (TPSA) is 49.6 Å². The Labute approximate surface area is 114 Å². The first-order chi connectivity index (χ1) is 8.79. The van der Waals surface area contributed by atoms with Gasteiger partial charge < -0.3 is 0 Å². The molecule has 0 radical (unpaired) electrons. The molecule has 0 saturated heterocycles. The molecule has 1 aliphatic carbocycles. The Balaban J connectivity index is 2.14. The lowest BCUT2D eigenvalue weighted by Crippen LogP contribution is -2.00. The largest absolute Gasteiger partial charge is 0.229 e. The van der Waals surface area contributed by atoms with Crippen molar-refractivity contribution in [2.24, 2.45) is 0 Å². The zero-order valence-corrected chi connectivity index (χ0v) is 11.8. The summed E-state index contributed by atoms with van der Waals surface area (Å²) in [7, 11) is 0. The molecule has 0 saturated carbocycles. The van der Waals surface area contributed by atoms with E-state index >= 15 is 0 Å². The monoisotopic (exact) mass is 275 g/mol. The number of thiophene rings is 1. The van der Waals surface area contributed by atoms with Gasteiger partial charge in [-0.15, -0.1) is 11.3 Å². The van der Waals surface area contributed by atoms with Gasteiger partial charge in [0.25, 0.3) is 0 Å². The summed E-state index contributed by atoms with van der Waals surface area (Å²) in [6.45, 7) is 1.91. The third kappa shape index (κ3) is 2.00. The summed E-state index contributed by atoms with van der Waals surface area (Å²) in [5.74, 6) is 0. The molecule has 0 aliphatic heterocycles. The molecule has 0 fully saturated rings. The van der Waals surface area contributed by atoms with Crippen molar-refractivity contribution in [1.29, 1.82) is 5.26 Å². The van der Waals surface area contributed by atoms with E-state index in [1.54, 1.807) is 29.4 Å². The summed E-state index contributed by atoms with van der Waals surface area (Å²) >= 11 is 3.35. The van der Waals surface area contributed by atoms with Gasteiger partial charge in [-0.1, -0.05) is 11.8 Å². The minimum absolute atomic E-state index is 0.0674. The summed E-state index contributed by atoms with van der Waals surface area (Å²) in [6, 6.07) is 2.26. The number of nitrogens with zero attached hydrogens (tertiary/aromatic N) is 3. The van der Waals surface area contributed by atoms with E-state index in [4.69, 9.17) is 5.26 Å². The molecule has 2 aromatic rings. The Morgan fingerprint density at radius 3 is 3.06 bits per heavy atom. The molecule has 0 N–H and O–H groups in total. The van der Waals surface area contributed by atoms with Gasteiger partial charge in [-0.2, -0.15) is 5.26 Å². The summed E-state index contributed by atoms with van der Waals surface area (Å²) in [5, 5.41) is 11.1. The van der Waals surface area contributed by atoms with Crippen LogP contribution in [0.4, 0.5) is 0 Å². The Kier molecular flexibility index (Phi) is 3.23. The van der Waals surface area contributed by atoms with Gasteiger partial charge in [0, 0.05) is 10.3 Å². The fraction of sp³-hybridized carbons (Fsp3) is 0.462. The van der Waals surface area contributed by atoms with Gasteiger partial charge in [-0.05, 0) is 38.2 Å². The smallest absolute Gasteiger partial charge is 0.128 e. The number of thioether (sulfide) groups is 1. The normalized spacial score (nSPS) is 16.2. The van der Waals surface area contributed by atoms with Gasteiger partial charge in [-0.25, -0.2) is 9.97 Å². The number of rotatable bonds is 2. The van der Waals surface area contributed by atoms with E-state index in [0.29, 0.717) is 0 Å². The predicted molar refractivity (Wildman–Crippen MR) is 75.0 cm³/mol. The Hall–Kier alpha value is -1.12. The second-order valence-electron chi connectivity index (χ2n) is 4.46. The molecule has 1 aliphatic rings. The van der Waals surface area contributed by atoms with Crippen LogP contribution in [0.5, 0.6) is 0 Å². The third-order valence-electron chi connectivity index (χ3n) is 3.19. The van der Waals surface area contributed by atoms with Crippen LogP contribution in [0.1, 0.15) is 30.2 Å². The van der Waals surface area contributed by atoms with E-state index in [2.05, 4.69) is 16.0 Å². The maximum absolute atomic E-state index is 8.95. The highest BCUT2D eigenvalue weighted by Crippen LogP contribution is 2.39. The van der Waals surface area contributed by atoms with Crippen molar-refractivity contribution < 1.29 is 0 Å². The summed E-state index contributed by atoms with van der Waals surface area (Å²) in [4.78, 5) is 11.3. The molecule has 2 heterocycles. The maximum atomic E-state index is 8.95. The Morgan fingerprint density at radius 1 is 1.39 bits per heavy atom. The molecule has 0 amide bonds. The highest BCUT2D eigenvalue weighted by molar-refractivity contribution is 8.00. The van der Waals surface area contributed by atoms with E-state index in [1.807, 2.05) is 6.92 Å². The zero-order chi connectivity index (χ0) is 12.5. The summed E-state index contributed by atoms with van der Waals surface area (Å²) in [6.07, 6.45) is 6.47. The van der Waals surface area contributed by atoms with Gasteiger partial charge in [0.05, 0.1) is 11.3 Å². The number of aromatic nitrogens is 2. The molecule has 0 bridgehead atoms. The highest BCUT2D eigenvalue weighted by atomic mass is 32.2. The lowest BCUT2D eigenvalue weighted by Gasteiger charge is -2.11. The molecule has 1 atom stereocenters. The lowest BCUT2D eigenvalue weighted by molar-refractivity contribution is 0.699. The first kappa shape index (κ1) is 11.9. The quantitative estimate of drug-likeness (QED) is 0.621. The second kappa shape index (κ2) is 4.87. The number of fused-ring (bicyclic) bond motifs is 3. The van der Waals surface area contributed by atoms with Crippen LogP contribution in [0.2, 0.25) is 0 Å². The molecule has 3 nitrogen and oxygen atoms in total. The number of nitriles is 1. The first-order valence-corrected chi connectivity index (χ1v) is 7.80. The van der Waals surface area contributed by atoms with E-state index in [1.165, 1.54) is 35.1 Å². The molecule has 92 valence electrons. The molecule has 0 unspecified atom stereocenters. The van der Waals surface area contributed by atoms with Crippen LogP contribution >= 0.6 is 23.1 Å². The molecular formula is C13H13N3S2. The number of aryl methyl sites for hydroxylation is 2. The van der Waals surface area contributed by atoms with Gasteiger partial charge >= 0.3 is 0 Å². The van der Waals surface area contributed by atoms with Crippen LogP contribution in [0.15, 0.2) is 11.4 Å². The van der Waals surface area contributed by atoms with Crippen molar-refractivity contribution in [2.75, 3.05) is 0 Å². The maximum Gasteiger partial charge on any atom is 0.128 e. The van der Waals surface area contributed by atoms with Crippen LogP contribution in [0, 0.1) is 11.3 Å². The minimum Gasteiger partial charge on any atom is -0.229 e. The van der Waals surface area contributed by atoms with Gasteiger partial charge in [-0.3, -0.25) is 0 Å². The Morgan fingerprint density at radius 2 is 2.22 bits per heavy atom. The lowest BCUT2D eigenvalue weighted by atomic mass is 9.97. The van der Waals surface area contributed by atoms with Crippen LogP contribution in [-0.4, -0.2) is 15.2 Å². The fourth-order valence-corrected chi connectivity index (χ4v) is 4.47. The van der Waals surface area contributed by atoms with E-state index in [0.717, 1.165) is 16.3 Å². The van der Waals surface area contributed by atoms with Crippen molar-refractivity contribution >= 4 is 33.3 Å². The molecule has 3 rings (SSSR count). The van der Waals surface area contributed by atoms with Crippen LogP contribution in [0.25, 0.3) is 10.2 Å². The van der Waals surface area contributed by atoms with Crippen molar-refractivity contribution in [1.82, 2.24) is 9.97 Å². The Bertz CT molecular complexity index is 627. The van der Waals surface area contributed by atoms with E-state index < -0.39 is 0 Å². The van der Waals surface area contributed by atoms with E-state index in [-0.39, 0.29) is 5.25 Å². The average molecular weight is 275 g/mol. The van der Waals surface area contributed by atoms with E-state index in [9.17, 15) is 0 Å². The van der Waals surface area contributed by atoms with Crippen molar-refractivity contribution in [2.45, 2.75) is 42.9 Å².